The van der Waals surface area contributed by atoms with Crippen molar-refractivity contribution >= 4 is 17.8 Å². The van der Waals surface area contributed by atoms with Gasteiger partial charge in [0, 0.05) is 25.9 Å². The fourth-order valence-electron chi connectivity index (χ4n) is 4.51. The Balaban J connectivity index is 1.89. The van der Waals surface area contributed by atoms with Gasteiger partial charge in [-0.1, -0.05) is 12.2 Å². The summed E-state index contributed by atoms with van der Waals surface area (Å²) in [6, 6.07) is -0.276. The van der Waals surface area contributed by atoms with Crippen LogP contribution in [-0.4, -0.2) is 71.1 Å². The number of allylic oxidation sites excluding steroid dienone is 2. The van der Waals surface area contributed by atoms with Crippen molar-refractivity contribution in [2.75, 3.05) is 26.3 Å². The van der Waals surface area contributed by atoms with Gasteiger partial charge < -0.3 is 19.6 Å². The van der Waals surface area contributed by atoms with Crippen LogP contribution >= 0.6 is 0 Å². The lowest BCUT2D eigenvalue weighted by Gasteiger charge is -2.30. The van der Waals surface area contributed by atoms with E-state index in [1.165, 1.54) is 0 Å². The summed E-state index contributed by atoms with van der Waals surface area (Å²) in [5, 5.41) is 9.49. The van der Waals surface area contributed by atoms with Gasteiger partial charge in [0.05, 0.1) is 24.6 Å². The molecule has 0 aromatic carbocycles. The lowest BCUT2D eigenvalue weighted by atomic mass is 9.98. The average molecular weight is 435 g/mol. The number of unbranched alkanes of at least 4 members (excludes halogenated alkanes) is 2. The lowest BCUT2D eigenvalue weighted by Crippen LogP contribution is -2.44. The first-order valence-corrected chi connectivity index (χ1v) is 11.6. The highest BCUT2D eigenvalue weighted by Crippen LogP contribution is 2.26. The van der Waals surface area contributed by atoms with Crippen molar-refractivity contribution in [2.24, 2.45) is 5.92 Å². The number of ether oxygens (including phenoxy) is 1. The van der Waals surface area contributed by atoms with Crippen LogP contribution < -0.4 is 0 Å². The number of aliphatic hydroxyl groups excluding tert-OH is 1. The Hall–Kier alpha value is -2.15. The van der Waals surface area contributed by atoms with Gasteiger partial charge in [0.25, 0.3) is 0 Å². The molecule has 174 valence electrons. The van der Waals surface area contributed by atoms with Crippen molar-refractivity contribution in [3.63, 3.8) is 0 Å². The molecule has 2 heterocycles. The molecule has 3 atom stereocenters. The monoisotopic (exact) mass is 434 g/mol. The second-order valence-electron chi connectivity index (χ2n) is 8.54. The van der Waals surface area contributed by atoms with Crippen molar-refractivity contribution in [3.8, 4) is 0 Å². The number of hydrogen-bond acceptors (Lipinski definition) is 5. The van der Waals surface area contributed by atoms with E-state index in [4.69, 9.17) is 4.74 Å². The minimum absolute atomic E-state index is 0.0427. The third kappa shape index (κ3) is 7.49. The van der Waals surface area contributed by atoms with Crippen LogP contribution in [0.2, 0.25) is 0 Å². The molecule has 0 aromatic rings. The molecule has 2 aliphatic heterocycles. The summed E-state index contributed by atoms with van der Waals surface area (Å²) in [7, 11) is 0. The number of nitrogens with zero attached hydrogens (tertiary/aromatic N) is 2. The summed E-state index contributed by atoms with van der Waals surface area (Å²) in [6.45, 7) is 8.84. The zero-order valence-corrected chi connectivity index (χ0v) is 18.7. The van der Waals surface area contributed by atoms with Crippen molar-refractivity contribution in [1.29, 1.82) is 0 Å². The zero-order chi connectivity index (χ0) is 22.6. The molecule has 0 aliphatic carbocycles. The van der Waals surface area contributed by atoms with Crippen LogP contribution in [0.15, 0.2) is 25.3 Å². The van der Waals surface area contributed by atoms with Gasteiger partial charge in [-0.25, -0.2) is 0 Å². The Morgan fingerprint density at radius 1 is 1.03 bits per heavy atom. The van der Waals surface area contributed by atoms with Crippen molar-refractivity contribution < 1.29 is 24.2 Å². The predicted octanol–water partition coefficient (Wildman–Crippen LogP) is 2.83. The van der Waals surface area contributed by atoms with Gasteiger partial charge in [-0.3, -0.25) is 14.4 Å². The second-order valence-corrected chi connectivity index (χ2v) is 8.54. The van der Waals surface area contributed by atoms with E-state index in [0.717, 1.165) is 44.9 Å². The van der Waals surface area contributed by atoms with Gasteiger partial charge in [0.15, 0.2) is 0 Å². The Labute approximate surface area is 186 Å². The smallest absolute Gasteiger partial charge is 0.305 e. The SMILES string of the molecule is C=CCCCCC(=O)OCC1CCCN1C(=O)C(CC=C)CC(=O)N1CCCC1CO. The van der Waals surface area contributed by atoms with Crippen LogP contribution in [0, 0.1) is 5.92 Å². The van der Waals surface area contributed by atoms with Gasteiger partial charge in [-0.05, 0) is 51.4 Å². The van der Waals surface area contributed by atoms with Crippen LogP contribution in [0.4, 0.5) is 0 Å². The third-order valence-electron chi connectivity index (χ3n) is 6.27. The third-order valence-corrected chi connectivity index (χ3v) is 6.27. The van der Waals surface area contributed by atoms with Crippen LogP contribution in [-0.2, 0) is 19.1 Å². The molecule has 0 radical (unpaired) electrons. The molecule has 0 aromatic heterocycles. The minimum atomic E-state index is -0.472. The number of rotatable bonds is 13. The maximum Gasteiger partial charge on any atom is 0.305 e. The van der Waals surface area contributed by atoms with Crippen LogP contribution in [0.25, 0.3) is 0 Å². The molecule has 0 spiro atoms. The fraction of sp³-hybridized carbons (Fsp3) is 0.708. The zero-order valence-electron chi connectivity index (χ0n) is 18.7. The van der Waals surface area contributed by atoms with Crippen LogP contribution in [0.1, 0.15) is 64.2 Å². The van der Waals surface area contributed by atoms with Crippen molar-refractivity contribution in [3.05, 3.63) is 25.3 Å². The normalized spacial score (nSPS) is 21.7. The molecule has 7 nitrogen and oxygen atoms in total. The van der Waals surface area contributed by atoms with E-state index in [1.54, 1.807) is 15.9 Å². The Morgan fingerprint density at radius 2 is 1.74 bits per heavy atom. The van der Waals surface area contributed by atoms with E-state index in [0.29, 0.717) is 25.9 Å². The predicted molar refractivity (Wildman–Crippen MR) is 119 cm³/mol. The maximum absolute atomic E-state index is 13.2. The summed E-state index contributed by atoms with van der Waals surface area (Å²) < 4.78 is 5.44. The summed E-state index contributed by atoms with van der Waals surface area (Å²) in [4.78, 5) is 41.5. The molecular formula is C24H38N2O5. The summed E-state index contributed by atoms with van der Waals surface area (Å²) in [6.07, 6.45) is 10.3. The lowest BCUT2D eigenvalue weighted by molar-refractivity contribution is -0.149. The summed E-state index contributed by atoms with van der Waals surface area (Å²) >= 11 is 0. The number of amides is 2. The minimum Gasteiger partial charge on any atom is -0.463 e. The molecule has 0 saturated carbocycles. The first-order chi connectivity index (χ1) is 15.0. The van der Waals surface area contributed by atoms with E-state index in [9.17, 15) is 19.5 Å². The van der Waals surface area contributed by atoms with Gasteiger partial charge in [0.1, 0.15) is 6.61 Å². The Bertz CT molecular complexity index is 635. The molecule has 7 heteroatoms. The molecule has 2 fully saturated rings. The maximum atomic E-state index is 13.2. The summed E-state index contributed by atoms with van der Waals surface area (Å²) in [5.41, 5.74) is 0. The highest BCUT2D eigenvalue weighted by atomic mass is 16.5. The van der Waals surface area contributed by atoms with Gasteiger partial charge >= 0.3 is 5.97 Å². The largest absolute Gasteiger partial charge is 0.463 e. The molecule has 2 amide bonds. The van der Waals surface area contributed by atoms with E-state index >= 15 is 0 Å². The Morgan fingerprint density at radius 3 is 2.42 bits per heavy atom. The number of carbonyl (C=O) groups is 3. The molecule has 1 N–H and O–H groups in total. The van der Waals surface area contributed by atoms with E-state index in [-0.39, 0.29) is 49.5 Å². The molecule has 3 unspecified atom stereocenters. The summed E-state index contributed by atoms with van der Waals surface area (Å²) in [5.74, 6) is -0.860. The van der Waals surface area contributed by atoms with E-state index < -0.39 is 5.92 Å². The molecular weight excluding hydrogens is 396 g/mol. The molecule has 0 bridgehead atoms. The van der Waals surface area contributed by atoms with Gasteiger partial charge in [-0.15, -0.1) is 13.2 Å². The quantitative estimate of drug-likeness (QED) is 0.274. The molecule has 31 heavy (non-hydrogen) atoms. The standard InChI is InChI=1S/C24H38N2O5/c1-3-5-6-7-13-23(29)31-18-21-12-9-15-26(21)24(30)19(10-4-2)16-22(28)25-14-8-11-20(25)17-27/h3-4,19-21,27H,1-2,5-18H2. The Kier molecular flexibility index (Phi) is 10.8. The van der Waals surface area contributed by atoms with E-state index in [1.807, 2.05) is 6.08 Å². The molecule has 2 saturated heterocycles. The first-order valence-electron chi connectivity index (χ1n) is 11.6. The average Bonchev–Trinajstić information content (AvgIpc) is 3.43. The number of aliphatic hydroxyl groups is 1. The topological polar surface area (TPSA) is 87.2 Å². The molecule has 2 aliphatic rings. The van der Waals surface area contributed by atoms with Crippen molar-refractivity contribution in [1.82, 2.24) is 9.80 Å². The second kappa shape index (κ2) is 13.3. The highest BCUT2D eigenvalue weighted by Gasteiger charge is 2.36. The van der Waals surface area contributed by atoms with Crippen molar-refractivity contribution in [2.45, 2.75) is 76.3 Å². The van der Waals surface area contributed by atoms with Gasteiger partial charge in [-0.2, -0.15) is 0 Å². The fourth-order valence-corrected chi connectivity index (χ4v) is 4.51. The number of likely N-dealkylation sites (tertiary alicyclic amines) is 2. The first kappa shape index (κ1) is 25.1. The van der Waals surface area contributed by atoms with E-state index in [2.05, 4.69) is 13.2 Å². The highest BCUT2D eigenvalue weighted by molar-refractivity contribution is 5.86. The molecule has 2 rings (SSSR count). The van der Waals surface area contributed by atoms with Crippen LogP contribution in [0.3, 0.4) is 0 Å². The number of carbonyl (C=O) groups excluding carboxylic acids is 3. The number of esters is 1. The van der Waals surface area contributed by atoms with Gasteiger partial charge in [0.2, 0.25) is 11.8 Å². The van der Waals surface area contributed by atoms with Crippen LogP contribution in [0.5, 0.6) is 0 Å². The number of hydrogen-bond donors (Lipinski definition) is 1.